The van der Waals surface area contributed by atoms with E-state index in [0.717, 1.165) is 44.3 Å². The number of nitrogens with zero attached hydrogens (tertiary/aromatic N) is 1. The zero-order chi connectivity index (χ0) is 17.3. The molecule has 27 heavy (non-hydrogen) atoms. The van der Waals surface area contributed by atoms with Crippen LogP contribution < -0.4 is 16.2 Å². The third kappa shape index (κ3) is 7.85. The van der Waals surface area contributed by atoms with Crippen molar-refractivity contribution in [1.82, 2.24) is 15.8 Å². The van der Waals surface area contributed by atoms with Crippen molar-refractivity contribution in [3.63, 3.8) is 0 Å². The summed E-state index contributed by atoms with van der Waals surface area (Å²) in [5.74, 6) is 0.234. The summed E-state index contributed by atoms with van der Waals surface area (Å²) in [6, 6.07) is 14.6. The molecule has 1 heterocycles. The lowest BCUT2D eigenvalue weighted by Crippen LogP contribution is -2.44. The molecule has 1 fully saturated rings. The van der Waals surface area contributed by atoms with Crippen LogP contribution in [0.25, 0.3) is 0 Å². The number of anilines is 1. The summed E-state index contributed by atoms with van der Waals surface area (Å²) >= 11 is 0. The first-order valence-electron chi connectivity index (χ1n) is 9.04. The monoisotopic (exact) mass is 410 g/mol. The Labute approximate surface area is 173 Å². The van der Waals surface area contributed by atoms with Gasteiger partial charge in [-0.25, -0.2) is 0 Å². The SMILES string of the molecule is Cl.Cl.O=C(Nc1ccncc1)C1CCC(NNCCc2ccccc2)CC1. The van der Waals surface area contributed by atoms with Crippen molar-refractivity contribution in [2.75, 3.05) is 11.9 Å². The van der Waals surface area contributed by atoms with Crippen LogP contribution in [-0.2, 0) is 11.2 Å². The molecule has 1 saturated carbocycles. The Morgan fingerprint density at radius 2 is 1.63 bits per heavy atom. The maximum Gasteiger partial charge on any atom is 0.227 e. The fourth-order valence-corrected chi connectivity index (χ4v) is 3.25. The Kier molecular flexibility index (Phi) is 11.0. The van der Waals surface area contributed by atoms with Crippen molar-refractivity contribution >= 4 is 36.4 Å². The number of nitrogens with one attached hydrogen (secondary N) is 3. The number of pyridine rings is 1. The second kappa shape index (κ2) is 12.7. The Hall–Kier alpha value is -1.66. The molecule has 1 aromatic heterocycles. The second-order valence-corrected chi connectivity index (χ2v) is 6.58. The Morgan fingerprint density at radius 1 is 0.963 bits per heavy atom. The first-order valence-corrected chi connectivity index (χ1v) is 9.04. The minimum absolute atomic E-state index is 0. The number of benzene rings is 1. The average Bonchev–Trinajstić information content (AvgIpc) is 2.67. The summed E-state index contributed by atoms with van der Waals surface area (Å²) in [6.45, 7) is 0.909. The highest BCUT2D eigenvalue weighted by atomic mass is 35.5. The van der Waals surface area contributed by atoms with Gasteiger partial charge in [0.25, 0.3) is 0 Å². The highest BCUT2D eigenvalue weighted by molar-refractivity contribution is 5.92. The molecule has 0 bridgehead atoms. The van der Waals surface area contributed by atoms with Crippen LogP contribution in [0.3, 0.4) is 0 Å². The van der Waals surface area contributed by atoms with E-state index in [1.165, 1.54) is 5.56 Å². The average molecular weight is 411 g/mol. The van der Waals surface area contributed by atoms with Gasteiger partial charge in [-0.05, 0) is 49.8 Å². The van der Waals surface area contributed by atoms with Gasteiger partial charge in [-0.3, -0.25) is 20.6 Å². The number of hydrogen-bond acceptors (Lipinski definition) is 4. The number of amides is 1. The van der Waals surface area contributed by atoms with Crippen molar-refractivity contribution < 1.29 is 4.79 Å². The molecule has 5 nitrogen and oxygen atoms in total. The van der Waals surface area contributed by atoms with E-state index in [0.29, 0.717) is 6.04 Å². The van der Waals surface area contributed by atoms with Crippen molar-refractivity contribution in [3.05, 3.63) is 60.4 Å². The summed E-state index contributed by atoms with van der Waals surface area (Å²) in [5.41, 5.74) is 8.90. The van der Waals surface area contributed by atoms with Gasteiger partial charge in [0, 0.05) is 36.6 Å². The number of rotatable bonds is 7. The molecule has 0 spiro atoms. The molecule has 0 saturated heterocycles. The number of carbonyl (C=O) groups is 1. The van der Waals surface area contributed by atoms with E-state index in [9.17, 15) is 4.79 Å². The van der Waals surface area contributed by atoms with Gasteiger partial charge in [0.15, 0.2) is 0 Å². The van der Waals surface area contributed by atoms with Gasteiger partial charge in [0.1, 0.15) is 0 Å². The predicted molar refractivity (Wildman–Crippen MR) is 114 cm³/mol. The largest absolute Gasteiger partial charge is 0.326 e. The Bertz CT molecular complexity index is 650. The third-order valence-corrected chi connectivity index (χ3v) is 4.73. The molecular formula is C20H28Cl2N4O. The van der Waals surface area contributed by atoms with Gasteiger partial charge in [0.2, 0.25) is 5.91 Å². The first kappa shape index (κ1) is 23.4. The maximum atomic E-state index is 12.3. The lowest BCUT2D eigenvalue weighted by atomic mass is 9.85. The quantitative estimate of drug-likeness (QED) is 0.480. The van der Waals surface area contributed by atoms with E-state index in [2.05, 4.69) is 45.4 Å². The van der Waals surface area contributed by atoms with Crippen LogP contribution >= 0.6 is 24.8 Å². The highest BCUT2D eigenvalue weighted by Gasteiger charge is 2.26. The molecular weight excluding hydrogens is 383 g/mol. The normalized spacial score (nSPS) is 18.7. The second-order valence-electron chi connectivity index (χ2n) is 6.58. The molecule has 1 aliphatic carbocycles. The number of hydrazine groups is 1. The van der Waals surface area contributed by atoms with Crippen LogP contribution in [-0.4, -0.2) is 23.5 Å². The smallest absolute Gasteiger partial charge is 0.227 e. The zero-order valence-corrected chi connectivity index (χ0v) is 16.9. The molecule has 1 amide bonds. The first-order chi connectivity index (χ1) is 12.3. The summed E-state index contributed by atoms with van der Waals surface area (Å²) < 4.78 is 0. The molecule has 0 atom stereocenters. The molecule has 0 radical (unpaired) electrons. The molecule has 3 rings (SSSR count). The Morgan fingerprint density at radius 3 is 2.30 bits per heavy atom. The standard InChI is InChI=1S/C20H26N4O.2ClH/c25-20(23-18-11-13-21-14-12-18)17-6-8-19(9-7-17)24-22-15-10-16-4-2-1-3-5-16;;/h1-5,11-14,17,19,22,24H,6-10,15H2,(H,21,23,25);2*1H. The van der Waals surface area contributed by atoms with Crippen molar-refractivity contribution in [3.8, 4) is 0 Å². The van der Waals surface area contributed by atoms with Gasteiger partial charge >= 0.3 is 0 Å². The molecule has 0 unspecified atom stereocenters. The van der Waals surface area contributed by atoms with Crippen LogP contribution in [0.15, 0.2) is 54.9 Å². The van der Waals surface area contributed by atoms with Gasteiger partial charge in [0.05, 0.1) is 0 Å². The molecule has 0 aliphatic heterocycles. The summed E-state index contributed by atoms with van der Waals surface area (Å²) in [4.78, 5) is 16.3. The molecule has 148 valence electrons. The van der Waals surface area contributed by atoms with E-state index < -0.39 is 0 Å². The molecule has 1 aromatic carbocycles. The van der Waals surface area contributed by atoms with E-state index in [-0.39, 0.29) is 36.6 Å². The van der Waals surface area contributed by atoms with Crippen LogP contribution in [0.2, 0.25) is 0 Å². The highest BCUT2D eigenvalue weighted by Crippen LogP contribution is 2.25. The van der Waals surface area contributed by atoms with E-state index in [4.69, 9.17) is 0 Å². The lowest BCUT2D eigenvalue weighted by molar-refractivity contribution is -0.120. The number of carbonyl (C=O) groups excluding carboxylic acids is 1. The van der Waals surface area contributed by atoms with E-state index in [1.807, 2.05) is 18.2 Å². The lowest BCUT2D eigenvalue weighted by Gasteiger charge is -2.28. The maximum absolute atomic E-state index is 12.3. The fraction of sp³-hybridized carbons (Fsp3) is 0.400. The summed E-state index contributed by atoms with van der Waals surface area (Å²) in [7, 11) is 0. The van der Waals surface area contributed by atoms with Crippen molar-refractivity contribution in [2.45, 2.75) is 38.1 Å². The molecule has 3 N–H and O–H groups in total. The van der Waals surface area contributed by atoms with Crippen molar-refractivity contribution in [1.29, 1.82) is 0 Å². The van der Waals surface area contributed by atoms with Gasteiger partial charge in [-0.1, -0.05) is 30.3 Å². The zero-order valence-electron chi connectivity index (χ0n) is 15.3. The minimum atomic E-state index is 0. The van der Waals surface area contributed by atoms with Crippen LogP contribution in [0, 0.1) is 5.92 Å². The number of hydrogen-bond donors (Lipinski definition) is 3. The minimum Gasteiger partial charge on any atom is -0.326 e. The van der Waals surface area contributed by atoms with Gasteiger partial charge in [-0.15, -0.1) is 24.8 Å². The van der Waals surface area contributed by atoms with Crippen LogP contribution in [0.4, 0.5) is 5.69 Å². The third-order valence-electron chi connectivity index (χ3n) is 4.73. The Balaban J connectivity index is 0.00000182. The molecule has 7 heteroatoms. The fourth-order valence-electron chi connectivity index (χ4n) is 3.25. The van der Waals surface area contributed by atoms with Crippen LogP contribution in [0.5, 0.6) is 0 Å². The summed E-state index contributed by atoms with van der Waals surface area (Å²) in [5, 5.41) is 2.98. The number of aromatic nitrogens is 1. The topological polar surface area (TPSA) is 66.0 Å². The van der Waals surface area contributed by atoms with E-state index in [1.54, 1.807) is 12.4 Å². The number of halogens is 2. The molecule has 2 aromatic rings. The van der Waals surface area contributed by atoms with E-state index >= 15 is 0 Å². The predicted octanol–water partition coefficient (Wildman–Crippen LogP) is 3.76. The summed E-state index contributed by atoms with van der Waals surface area (Å²) in [6.07, 6.45) is 8.29. The van der Waals surface area contributed by atoms with Crippen LogP contribution in [0.1, 0.15) is 31.2 Å². The van der Waals surface area contributed by atoms with Crippen molar-refractivity contribution in [2.24, 2.45) is 5.92 Å². The van der Waals surface area contributed by atoms with Gasteiger partial charge in [-0.2, -0.15) is 0 Å². The molecule has 1 aliphatic rings. The van der Waals surface area contributed by atoms with Gasteiger partial charge < -0.3 is 5.32 Å².